The average molecular weight is 340 g/mol. The van der Waals surface area contributed by atoms with Gasteiger partial charge in [-0.1, -0.05) is 0 Å². The van der Waals surface area contributed by atoms with E-state index in [1.165, 1.54) is 34.7 Å². The average Bonchev–Trinajstić information content (AvgIpc) is 3.25. The van der Waals surface area contributed by atoms with Crippen LogP contribution in [0, 0.1) is 5.82 Å². The van der Waals surface area contributed by atoms with Crippen molar-refractivity contribution in [3.05, 3.63) is 65.3 Å². The Morgan fingerprint density at radius 1 is 1.25 bits per heavy atom. The van der Waals surface area contributed by atoms with Gasteiger partial charge in [0.2, 0.25) is 0 Å². The molecule has 4 aromatic rings. The molecule has 118 valence electrons. The molecule has 0 aliphatic heterocycles. The Bertz CT molecular complexity index is 1070. The predicted molar refractivity (Wildman–Crippen MR) is 86.0 cm³/mol. The second-order valence-corrected chi connectivity index (χ2v) is 5.90. The van der Waals surface area contributed by atoms with Crippen molar-refractivity contribution in [2.24, 2.45) is 0 Å². The van der Waals surface area contributed by atoms with E-state index in [2.05, 4.69) is 15.1 Å². The lowest BCUT2D eigenvalue weighted by molar-refractivity contribution is 0.103. The number of aromatic nitrogens is 4. The number of ketones is 1. The van der Waals surface area contributed by atoms with Crippen LogP contribution >= 0.6 is 11.3 Å². The summed E-state index contributed by atoms with van der Waals surface area (Å²) in [7, 11) is 0. The highest BCUT2D eigenvalue weighted by molar-refractivity contribution is 7.16. The highest BCUT2D eigenvalue weighted by Gasteiger charge is 2.17. The second kappa shape index (κ2) is 5.50. The summed E-state index contributed by atoms with van der Waals surface area (Å²) in [6.07, 6.45) is 4.27. The van der Waals surface area contributed by atoms with Gasteiger partial charge in [-0.15, -0.1) is 11.3 Å². The second-order valence-electron chi connectivity index (χ2n) is 5.00. The maximum Gasteiger partial charge on any atom is 0.200 e. The van der Waals surface area contributed by atoms with Crippen LogP contribution in [0.15, 0.2) is 48.4 Å². The van der Waals surface area contributed by atoms with Gasteiger partial charge in [-0.25, -0.2) is 19.0 Å². The molecule has 0 spiro atoms. The number of rotatable bonds is 3. The number of hydrogen-bond acceptors (Lipinski definition) is 6. The quantitative estimate of drug-likeness (QED) is 0.580. The molecule has 8 heteroatoms. The third kappa shape index (κ3) is 2.33. The van der Waals surface area contributed by atoms with Gasteiger partial charge in [0.15, 0.2) is 11.6 Å². The molecule has 0 radical (unpaired) electrons. The minimum atomic E-state index is -0.598. The van der Waals surface area contributed by atoms with Gasteiger partial charge < -0.3 is 5.11 Å². The summed E-state index contributed by atoms with van der Waals surface area (Å²) in [5.41, 5.74) is 0.107. The van der Waals surface area contributed by atoms with E-state index in [0.29, 0.717) is 5.82 Å². The van der Waals surface area contributed by atoms with Gasteiger partial charge in [0.05, 0.1) is 22.7 Å². The SMILES string of the molecule is O=C(c1cnn(-c2ncnc3sccc23)c1)c1cc(F)ccc1O. The molecule has 24 heavy (non-hydrogen) atoms. The molecule has 3 heterocycles. The number of hydrogen-bond donors (Lipinski definition) is 1. The van der Waals surface area contributed by atoms with E-state index in [4.69, 9.17) is 0 Å². The number of carbonyl (C=O) groups is 1. The van der Waals surface area contributed by atoms with E-state index in [0.717, 1.165) is 28.4 Å². The Labute approximate surface area is 138 Å². The summed E-state index contributed by atoms with van der Waals surface area (Å²) in [6, 6.07) is 5.10. The molecular weight excluding hydrogens is 331 g/mol. The molecule has 1 aromatic carbocycles. The number of phenolic OH excluding ortho intramolecular Hbond substituents is 1. The van der Waals surface area contributed by atoms with Crippen molar-refractivity contribution < 1.29 is 14.3 Å². The lowest BCUT2D eigenvalue weighted by atomic mass is 10.1. The largest absolute Gasteiger partial charge is 0.507 e. The maximum atomic E-state index is 13.3. The topological polar surface area (TPSA) is 80.9 Å². The van der Waals surface area contributed by atoms with Crippen LogP contribution < -0.4 is 0 Å². The monoisotopic (exact) mass is 340 g/mol. The fourth-order valence-corrected chi connectivity index (χ4v) is 3.09. The van der Waals surface area contributed by atoms with Crippen LogP contribution in [0.25, 0.3) is 16.0 Å². The number of aromatic hydroxyl groups is 1. The van der Waals surface area contributed by atoms with Gasteiger partial charge in [-0.3, -0.25) is 4.79 Å². The Morgan fingerprint density at radius 2 is 2.12 bits per heavy atom. The summed E-state index contributed by atoms with van der Waals surface area (Å²) in [5.74, 6) is -0.853. The molecule has 0 bridgehead atoms. The minimum absolute atomic E-state index is 0.113. The molecule has 0 aliphatic rings. The normalized spacial score (nSPS) is 11.0. The fraction of sp³-hybridized carbons (Fsp3) is 0. The smallest absolute Gasteiger partial charge is 0.200 e. The van der Waals surface area contributed by atoms with Gasteiger partial charge >= 0.3 is 0 Å². The van der Waals surface area contributed by atoms with E-state index in [-0.39, 0.29) is 16.9 Å². The number of carbonyl (C=O) groups excluding carboxylic acids is 1. The van der Waals surface area contributed by atoms with E-state index in [1.54, 1.807) is 0 Å². The van der Waals surface area contributed by atoms with Crippen molar-refractivity contribution in [3.8, 4) is 11.6 Å². The molecular formula is C16H9FN4O2S. The molecule has 6 nitrogen and oxygen atoms in total. The molecule has 3 aromatic heterocycles. The molecule has 0 saturated heterocycles. The Balaban J connectivity index is 1.76. The highest BCUT2D eigenvalue weighted by atomic mass is 32.1. The van der Waals surface area contributed by atoms with E-state index >= 15 is 0 Å². The molecule has 0 fully saturated rings. The van der Waals surface area contributed by atoms with Gasteiger partial charge in [0, 0.05) is 6.20 Å². The van der Waals surface area contributed by atoms with E-state index in [9.17, 15) is 14.3 Å². The molecule has 0 amide bonds. The molecule has 0 saturated carbocycles. The van der Waals surface area contributed by atoms with E-state index in [1.807, 2.05) is 11.4 Å². The zero-order valence-electron chi connectivity index (χ0n) is 12.0. The number of nitrogens with zero attached hydrogens (tertiary/aromatic N) is 4. The Kier molecular flexibility index (Phi) is 3.31. The summed E-state index contributed by atoms with van der Waals surface area (Å²) in [6.45, 7) is 0. The van der Waals surface area contributed by atoms with Crippen molar-refractivity contribution in [3.63, 3.8) is 0 Å². The molecule has 1 N–H and O–H groups in total. The van der Waals surface area contributed by atoms with Crippen molar-refractivity contribution in [1.29, 1.82) is 0 Å². The first-order chi connectivity index (χ1) is 11.6. The first kappa shape index (κ1) is 14.5. The summed E-state index contributed by atoms with van der Waals surface area (Å²) in [4.78, 5) is 21.6. The van der Waals surface area contributed by atoms with Crippen LogP contribution in [0.1, 0.15) is 15.9 Å². The number of thiophene rings is 1. The summed E-state index contributed by atoms with van der Waals surface area (Å²) < 4.78 is 14.8. The summed E-state index contributed by atoms with van der Waals surface area (Å²) in [5, 5.41) is 16.6. The van der Waals surface area contributed by atoms with Crippen LogP contribution in [0.2, 0.25) is 0 Å². The number of fused-ring (bicyclic) bond motifs is 1. The van der Waals surface area contributed by atoms with Crippen LogP contribution in [-0.2, 0) is 0 Å². The van der Waals surface area contributed by atoms with Gasteiger partial charge in [0.1, 0.15) is 22.7 Å². The maximum absolute atomic E-state index is 13.3. The van der Waals surface area contributed by atoms with Crippen molar-refractivity contribution >= 4 is 27.3 Å². The van der Waals surface area contributed by atoms with Crippen LogP contribution in [0.3, 0.4) is 0 Å². The van der Waals surface area contributed by atoms with Crippen molar-refractivity contribution in [1.82, 2.24) is 19.7 Å². The van der Waals surface area contributed by atoms with E-state index < -0.39 is 11.6 Å². The minimum Gasteiger partial charge on any atom is -0.507 e. The lowest BCUT2D eigenvalue weighted by Crippen LogP contribution is -2.02. The number of phenols is 1. The fourth-order valence-electron chi connectivity index (χ4n) is 2.36. The molecule has 0 atom stereocenters. The number of benzene rings is 1. The Morgan fingerprint density at radius 3 is 3.00 bits per heavy atom. The third-order valence-electron chi connectivity index (χ3n) is 3.51. The third-order valence-corrected chi connectivity index (χ3v) is 4.33. The van der Waals surface area contributed by atoms with Crippen LogP contribution in [0.5, 0.6) is 5.75 Å². The zero-order chi connectivity index (χ0) is 16.7. The lowest BCUT2D eigenvalue weighted by Gasteiger charge is -2.02. The van der Waals surface area contributed by atoms with Crippen LogP contribution in [-0.4, -0.2) is 30.6 Å². The van der Waals surface area contributed by atoms with Crippen molar-refractivity contribution in [2.45, 2.75) is 0 Å². The highest BCUT2D eigenvalue weighted by Crippen LogP contribution is 2.24. The summed E-state index contributed by atoms with van der Waals surface area (Å²) >= 11 is 1.48. The van der Waals surface area contributed by atoms with Crippen molar-refractivity contribution in [2.75, 3.05) is 0 Å². The standard InChI is InChI=1S/C16H9FN4O2S/c17-10-1-2-13(22)12(5-10)14(23)9-6-20-21(7-9)15-11-3-4-24-16(11)19-8-18-15/h1-8,22H. The van der Waals surface area contributed by atoms with Gasteiger partial charge in [-0.05, 0) is 29.6 Å². The zero-order valence-corrected chi connectivity index (χ0v) is 12.9. The number of halogens is 1. The van der Waals surface area contributed by atoms with Gasteiger partial charge in [0.25, 0.3) is 0 Å². The van der Waals surface area contributed by atoms with Crippen LogP contribution in [0.4, 0.5) is 4.39 Å². The molecule has 4 rings (SSSR count). The first-order valence-corrected chi connectivity index (χ1v) is 7.78. The first-order valence-electron chi connectivity index (χ1n) is 6.90. The molecule has 0 aliphatic carbocycles. The molecule has 0 unspecified atom stereocenters. The Hall–Kier alpha value is -3.13. The predicted octanol–water partition coefficient (Wildman–Crippen LogP) is 2.95. The van der Waals surface area contributed by atoms with Gasteiger partial charge in [-0.2, -0.15) is 5.10 Å².